The van der Waals surface area contributed by atoms with Gasteiger partial charge >= 0.3 is 0 Å². The highest BCUT2D eigenvalue weighted by atomic mass is 19.1. The Kier molecular flexibility index (Phi) is 6.33. The van der Waals surface area contributed by atoms with Crippen LogP contribution in [-0.2, 0) is 0 Å². The summed E-state index contributed by atoms with van der Waals surface area (Å²) in [5, 5.41) is 16.5. The zero-order valence-electron chi connectivity index (χ0n) is 19.2. The van der Waals surface area contributed by atoms with Gasteiger partial charge < -0.3 is 25.5 Å². The lowest BCUT2D eigenvalue weighted by atomic mass is 9.82. The second-order valence-electron chi connectivity index (χ2n) is 8.70. The maximum absolute atomic E-state index is 14.0. The van der Waals surface area contributed by atoms with E-state index >= 15 is 0 Å². The number of aliphatic hydroxyl groups is 1. The summed E-state index contributed by atoms with van der Waals surface area (Å²) >= 11 is 0. The van der Waals surface area contributed by atoms with Gasteiger partial charge in [0.25, 0.3) is 5.56 Å². The molecule has 0 spiro atoms. The zero-order valence-corrected chi connectivity index (χ0v) is 19.2. The maximum Gasteiger partial charge on any atom is 0.272 e. The first kappa shape index (κ1) is 22.8. The number of aromatic amines is 1. The summed E-state index contributed by atoms with van der Waals surface area (Å²) in [4.78, 5) is 23.8. The second kappa shape index (κ2) is 9.71. The Morgan fingerprint density at radius 2 is 1.89 bits per heavy atom. The van der Waals surface area contributed by atoms with Gasteiger partial charge in [0.05, 0.1) is 24.4 Å². The number of hydrogen-bond acceptors (Lipinski definition) is 7. The van der Waals surface area contributed by atoms with Gasteiger partial charge in [-0.2, -0.15) is 4.98 Å². The van der Waals surface area contributed by atoms with Crippen LogP contribution < -0.4 is 20.9 Å². The predicted octanol–water partition coefficient (Wildman–Crippen LogP) is 4.97. The number of hydrogen-bond donors (Lipinski definition) is 4. The quantitative estimate of drug-likeness (QED) is 0.311. The minimum absolute atomic E-state index is 0.160. The van der Waals surface area contributed by atoms with E-state index in [1.165, 1.54) is 11.6 Å². The summed E-state index contributed by atoms with van der Waals surface area (Å²) < 4.78 is 19.6. The number of pyridine rings is 1. The van der Waals surface area contributed by atoms with Crippen LogP contribution in [-0.4, -0.2) is 33.3 Å². The van der Waals surface area contributed by atoms with Crippen molar-refractivity contribution in [2.45, 2.75) is 37.7 Å². The molecule has 0 aliphatic heterocycles. The molecule has 0 bridgehead atoms. The number of nitrogens with one attached hydrogen (secondary N) is 3. The maximum atomic E-state index is 14.0. The number of anilines is 4. The van der Waals surface area contributed by atoms with Crippen molar-refractivity contribution in [3.8, 4) is 5.75 Å². The van der Waals surface area contributed by atoms with Crippen molar-refractivity contribution >= 4 is 34.0 Å². The molecular weight excluding hydrogens is 449 g/mol. The monoisotopic (exact) mass is 475 g/mol. The van der Waals surface area contributed by atoms with Crippen molar-refractivity contribution in [3.05, 3.63) is 76.5 Å². The number of ether oxygens (including phenoxy) is 1. The lowest BCUT2D eigenvalue weighted by Gasteiger charge is -2.26. The molecule has 0 amide bonds. The highest BCUT2D eigenvalue weighted by Crippen LogP contribution is 2.37. The van der Waals surface area contributed by atoms with Crippen LogP contribution in [0.4, 0.5) is 27.5 Å². The van der Waals surface area contributed by atoms with Crippen LogP contribution in [0, 0.1) is 5.82 Å². The first-order chi connectivity index (χ1) is 17.0. The van der Waals surface area contributed by atoms with Gasteiger partial charge in [-0.05, 0) is 67.5 Å². The second-order valence-corrected chi connectivity index (χ2v) is 8.70. The molecule has 2 heterocycles. The summed E-state index contributed by atoms with van der Waals surface area (Å²) in [6.07, 6.45) is 4.91. The average Bonchev–Trinajstić information content (AvgIpc) is 2.86. The van der Waals surface area contributed by atoms with Crippen LogP contribution in [0.5, 0.6) is 5.75 Å². The molecule has 2 aromatic carbocycles. The molecule has 1 fully saturated rings. The Labute approximate surface area is 201 Å². The van der Waals surface area contributed by atoms with Crippen LogP contribution in [0.25, 0.3) is 10.9 Å². The summed E-state index contributed by atoms with van der Waals surface area (Å²) in [5.74, 6) is 1.31. The van der Waals surface area contributed by atoms with Gasteiger partial charge in [-0.3, -0.25) is 4.79 Å². The van der Waals surface area contributed by atoms with Crippen molar-refractivity contribution in [1.29, 1.82) is 0 Å². The number of methoxy groups -OCH3 is 1. The fourth-order valence-electron chi connectivity index (χ4n) is 4.51. The number of fused-ring (bicyclic) bond motifs is 1. The van der Waals surface area contributed by atoms with Crippen LogP contribution in [0.2, 0.25) is 0 Å². The minimum Gasteiger partial charge on any atom is -0.495 e. The van der Waals surface area contributed by atoms with Gasteiger partial charge in [-0.15, -0.1) is 0 Å². The van der Waals surface area contributed by atoms with E-state index in [0.29, 0.717) is 34.5 Å². The number of rotatable bonds is 6. The van der Waals surface area contributed by atoms with E-state index in [4.69, 9.17) is 4.74 Å². The third-order valence-corrected chi connectivity index (χ3v) is 6.39. The van der Waals surface area contributed by atoms with Gasteiger partial charge in [0.1, 0.15) is 23.1 Å². The molecule has 5 rings (SSSR count). The van der Waals surface area contributed by atoms with Gasteiger partial charge in [0.2, 0.25) is 5.95 Å². The molecule has 180 valence electrons. The standard InChI is InChI=1S/C26H26FN5O3/c1-35-22-14-16(15-5-8-18(33)9-6-15)7-10-20(22)30-26-28-12-11-23(31-26)29-21-13-17-3-2-4-19(27)24(17)32-25(21)34/h2-4,7,10-15,18,33H,5-6,8-9H2,1H3,(H,32,34)(H2,28,29,30,31). The zero-order chi connectivity index (χ0) is 24.4. The summed E-state index contributed by atoms with van der Waals surface area (Å²) in [7, 11) is 1.61. The van der Waals surface area contributed by atoms with Crippen LogP contribution in [0.15, 0.2) is 59.5 Å². The minimum atomic E-state index is -0.485. The Bertz CT molecular complexity index is 1420. The van der Waals surface area contributed by atoms with Gasteiger partial charge in [-0.1, -0.05) is 18.2 Å². The smallest absolute Gasteiger partial charge is 0.272 e. The molecule has 8 nitrogen and oxygen atoms in total. The normalized spacial score (nSPS) is 17.8. The molecule has 0 saturated heterocycles. The Morgan fingerprint density at radius 3 is 2.69 bits per heavy atom. The number of para-hydroxylation sites is 1. The van der Waals surface area contributed by atoms with E-state index in [1.807, 2.05) is 12.1 Å². The Morgan fingerprint density at radius 1 is 1.06 bits per heavy atom. The van der Waals surface area contributed by atoms with E-state index in [-0.39, 0.29) is 17.3 Å². The van der Waals surface area contributed by atoms with Crippen LogP contribution in [0.3, 0.4) is 0 Å². The average molecular weight is 476 g/mol. The molecule has 0 radical (unpaired) electrons. The van der Waals surface area contributed by atoms with E-state index in [9.17, 15) is 14.3 Å². The van der Waals surface area contributed by atoms with Crippen molar-refractivity contribution < 1.29 is 14.2 Å². The van der Waals surface area contributed by atoms with Crippen molar-refractivity contribution in [2.24, 2.45) is 0 Å². The fraction of sp³-hybridized carbons (Fsp3) is 0.269. The molecule has 9 heteroatoms. The summed E-state index contributed by atoms with van der Waals surface area (Å²) in [5.41, 5.74) is 1.84. The number of aliphatic hydroxyl groups excluding tert-OH is 1. The van der Waals surface area contributed by atoms with Crippen LogP contribution in [0.1, 0.15) is 37.2 Å². The van der Waals surface area contributed by atoms with Gasteiger partial charge in [-0.25, -0.2) is 9.37 Å². The molecule has 4 aromatic rings. The van der Waals surface area contributed by atoms with Crippen molar-refractivity contribution in [3.63, 3.8) is 0 Å². The molecule has 0 atom stereocenters. The number of nitrogens with zero attached hydrogens (tertiary/aromatic N) is 2. The molecule has 1 saturated carbocycles. The highest BCUT2D eigenvalue weighted by Gasteiger charge is 2.22. The Hall–Kier alpha value is -3.98. The lowest BCUT2D eigenvalue weighted by Crippen LogP contribution is -2.17. The van der Waals surface area contributed by atoms with Crippen molar-refractivity contribution in [2.75, 3.05) is 17.7 Å². The fourth-order valence-corrected chi connectivity index (χ4v) is 4.51. The SMILES string of the molecule is COc1cc(C2CCC(O)CC2)ccc1Nc1nccc(Nc2cc3cccc(F)c3[nH]c2=O)n1. The third kappa shape index (κ3) is 4.95. The van der Waals surface area contributed by atoms with E-state index < -0.39 is 11.4 Å². The van der Waals surface area contributed by atoms with Crippen LogP contribution >= 0.6 is 0 Å². The van der Waals surface area contributed by atoms with E-state index in [1.54, 1.807) is 37.6 Å². The van der Waals surface area contributed by atoms with Crippen molar-refractivity contribution in [1.82, 2.24) is 15.0 Å². The number of aromatic nitrogens is 3. The lowest BCUT2D eigenvalue weighted by molar-refractivity contribution is 0.122. The number of benzene rings is 2. The number of H-pyrrole nitrogens is 1. The van der Waals surface area contributed by atoms with E-state index in [2.05, 4.69) is 31.7 Å². The number of halogens is 1. The largest absolute Gasteiger partial charge is 0.495 e. The molecule has 0 unspecified atom stereocenters. The summed E-state index contributed by atoms with van der Waals surface area (Å²) in [6.45, 7) is 0. The molecule has 1 aliphatic carbocycles. The van der Waals surface area contributed by atoms with Gasteiger partial charge in [0.15, 0.2) is 0 Å². The third-order valence-electron chi connectivity index (χ3n) is 6.39. The molecular formula is C26H26FN5O3. The first-order valence-electron chi connectivity index (χ1n) is 11.5. The molecule has 4 N–H and O–H groups in total. The predicted molar refractivity (Wildman–Crippen MR) is 133 cm³/mol. The van der Waals surface area contributed by atoms with Gasteiger partial charge in [0, 0.05) is 11.6 Å². The first-order valence-corrected chi connectivity index (χ1v) is 11.5. The van der Waals surface area contributed by atoms with E-state index in [0.717, 1.165) is 25.7 Å². The Balaban J connectivity index is 1.35. The molecule has 1 aliphatic rings. The molecule has 35 heavy (non-hydrogen) atoms. The highest BCUT2D eigenvalue weighted by molar-refractivity contribution is 5.82. The summed E-state index contributed by atoms with van der Waals surface area (Å²) in [6, 6.07) is 13.8. The topological polar surface area (TPSA) is 112 Å². The molecule has 2 aromatic heterocycles.